The molecule has 1 atom stereocenters. The molecule has 3 aromatic rings. The number of benzene rings is 2. The van der Waals surface area contributed by atoms with Gasteiger partial charge in [0.2, 0.25) is 0 Å². The first-order valence-electron chi connectivity index (χ1n) is 13.2. The molecule has 0 saturated heterocycles. The highest BCUT2D eigenvalue weighted by atomic mass is 32.1. The van der Waals surface area contributed by atoms with Gasteiger partial charge in [-0.2, -0.15) is 0 Å². The minimum atomic E-state index is -0.380. The van der Waals surface area contributed by atoms with Crippen molar-refractivity contribution in [3.63, 3.8) is 0 Å². The third-order valence-electron chi connectivity index (χ3n) is 6.89. The quantitative estimate of drug-likeness (QED) is 0.241. The second kappa shape index (κ2) is 11.9. The summed E-state index contributed by atoms with van der Waals surface area (Å²) in [4.78, 5) is 31.7. The number of esters is 1. The van der Waals surface area contributed by atoms with E-state index in [1.165, 1.54) is 4.88 Å². The van der Waals surface area contributed by atoms with E-state index in [4.69, 9.17) is 14.5 Å². The lowest BCUT2D eigenvalue weighted by Gasteiger charge is -2.33. The molecule has 38 heavy (non-hydrogen) atoms. The lowest BCUT2D eigenvalue weighted by atomic mass is 9.72. The van der Waals surface area contributed by atoms with Crippen LogP contribution in [0.1, 0.15) is 77.8 Å². The van der Waals surface area contributed by atoms with Crippen molar-refractivity contribution in [2.45, 2.75) is 53.9 Å². The number of rotatable bonds is 8. The maximum absolute atomic E-state index is 13.7. The molecule has 1 amide bonds. The first-order chi connectivity index (χ1) is 18.2. The standard InChI is InChI=1S/C31H36N2O4S/c1-6-36-25-11-9-8-10-21(25)19-32-29-27(24-17-14-22(31(3,4)5)18-26(24)38-29)28(34)33-23-15-12-20(13-16-23)30(35)37-7-2/h8-13,15-16,19,22H,6-7,14,17-18H2,1-5H3,(H,33,34). The molecule has 0 aliphatic heterocycles. The number of aliphatic imine (C=N–C) groups is 1. The lowest BCUT2D eigenvalue weighted by Crippen LogP contribution is -2.27. The van der Waals surface area contributed by atoms with Crippen molar-refractivity contribution in [1.29, 1.82) is 0 Å². The zero-order valence-electron chi connectivity index (χ0n) is 22.8. The van der Waals surface area contributed by atoms with E-state index in [1.54, 1.807) is 48.7 Å². The van der Waals surface area contributed by atoms with Gasteiger partial charge in [-0.1, -0.05) is 32.9 Å². The molecule has 6 nitrogen and oxygen atoms in total. The molecule has 7 heteroatoms. The van der Waals surface area contributed by atoms with E-state index < -0.39 is 0 Å². The van der Waals surface area contributed by atoms with E-state index in [1.807, 2.05) is 31.2 Å². The van der Waals surface area contributed by atoms with E-state index in [2.05, 4.69) is 26.1 Å². The fraction of sp³-hybridized carbons (Fsp3) is 0.387. The molecular weight excluding hydrogens is 496 g/mol. The van der Waals surface area contributed by atoms with Crippen LogP contribution >= 0.6 is 11.3 Å². The van der Waals surface area contributed by atoms with Gasteiger partial charge < -0.3 is 14.8 Å². The van der Waals surface area contributed by atoms with Gasteiger partial charge in [0.1, 0.15) is 10.8 Å². The highest BCUT2D eigenvalue weighted by Gasteiger charge is 2.33. The van der Waals surface area contributed by atoms with Crippen molar-refractivity contribution in [1.82, 2.24) is 0 Å². The van der Waals surface area contributed by atoms with Crippen LogP contribution in [0, 0.1) is 11.3 Å². The number of nitrogens with one attached hydrogen (secondary N) is 1. The SMILES string of the molecule is CCOC(=O)c1ccc(NC(=O)c2c(N=Cc3ccccc3OCC)sc3c2CCC(C(C)(C)C)C3)cc1. The van der Waals surface area contributed by atoms with Crippen molar-refractivity contribution >= 4 is 40.1 Å². The molecule has 200 valence electrons. The smallest absolute Gasteiger partial charge is 0.338 e. The normalized spacial score (nSPS) is 15.2. The van der Waals surface area contributed by atoms with Crippen molar-refractivity contribution in [2.75, 3.05) is 18.5 Å². The number of fused-ring (bicyclic) bond motifs is 1. The minimum absolute atomic E-state index is 0.189. The Hall–Kier alpha value is -3.45. The molecule has 0 fully saturated rings. The molecule has 1 heterocycles. The van der Waals surface area contributed by atoms with Crippen LogP contribution in [0.5, 0.6) is 5.75 Å². The van der Waals surface area contributed by atoms with Crippen LogP contribution in [0.4, 0.5) is 10.7 Å². The zero-order valence-corrected chi connectivity index (χ0v) is 23.6. The summed E-state index contributed by atoms with van der Waals surface area (Å²) in [6.07, 6.45) is 4.62. The first-order valence-corrected chi connectivity index (χ1v) is 14.0. The highest BCUT2D eigenvalue weighted by Crippen LogP contribution is 2.45. The minimum Gasteiger partial charge on any atom is -0.493 e. The Labute approximate surface area is 229 Å². The van der Waals surface area contributed by atoms with E-state index in [0.29, 0.717) is 40.9 Å². The summed E-state index contributed by atoms with van der Waals surface area (Å²) in [5, 5.41) is 3.73. The van der Waals surface area contributed by atoms with E-state index in [0.717, 1.165) is 36.1 Å². The Morgan fingerprint density at radius 1 is 1.08 bits per heavy atom. The molecule has 2 aromatic carbocycles. The average molecular weight is 533 g/mol. The molecule has 1 aliphatic carbocycles. The number of hydrogen-bond acceptors (Lipinski definition) is 6. The lowest BCUT2D eigenvalue weighted by molar-refractivity contribution is 0.0526. The van der Waals surface area contributed by atoms with E-state index >= 15 is 0 Å². The summed E-state index contributed by atoms with van der Waals surface area (Å²) in [6.45, 7) is 11.5. The van der Waals surface area contributed by atoms with Crippen molar-refractivity contribution in [3.05, 3.63) is 75.7 Å². The van der Waals surface area contributed by atoms with Gasteiger partial charge >= 0.3 is 5.97 Å². The Morgan fingerprint density at radius 3 is 2.50 bits per heavy atom. The maximum atomic E-state index is 13.7. The van der Waals surface area contributed by atoms with Crippen LogP contribution in [-0.4, -0.2) is 31.3 Å². The summed E-state index contributed by atoms with van der Waals surface area (Å²) in [5.41, 5.74) is 3.87. The number of carbonyl (C=O) groups is 2. The number of anilines is 1. The fourth-order valence-corrected chi connectivity index (χ4v) is 6.00. The molecule has 0 radical (unpaired) electrons. The number of nitrogens with zero attached hydrogens (tertiary/aromatic N) is 1. The number of hydrogen-bond donors (Lipinski definition) is 1. The monoisotopic (exact) mass is 532 g/mol. The van der Waals surface area contributed by atoms with Gasteiger partial charge in [0.15, 0.2) is 0 Å². The van der Waals surface area contributed by atoms with Crippen LogP contribution in [0.25, 0.3) is 0 Å². The van der Waals surface area contributed by atoms with Gasteiger partial charge in [-0.25, -0.2) is 9.79 Å². The number of carbonyl (C=O) groups excluding carboxylic acids is 2. The van der Waals surface area contributed by atoms with Crippen LogP contribution < -0.4 is 10.1 Å². The highest BCUT2D eigenvalue weighted by molar-refractivity contribution is 7.16. The summed E-state index contributed by atoms with van der Waals surface area (Å²) < 4.78 is 10.8. The van der Waals surface area contributed by atoms with Gasteiger partial charge in [0.25, 0.3) is 5.91 Å². The van der Waals surface area contributed by atoms with Crippen LogP contribution in [0.3, 0.4) is 0 Å². The number of ether oxygens (including phenoxy) is 2. The third kappa shape index (κ3) is 6.33. The number of para-hydroxylation sites is 1. The fourth-order valence-electron chi connectivity index (χ4n) is 4.74. The number of amides is 1. The molecule has 0 bridgehead atoms. The van der Waals surface area contributed by atoms with E-state index in [9.17, 15) is 9.59 Å². The second-order valence-electron chi connectivity index (χ2n) is 10.5. The second-order valence-corrected chi connectivity index (χ2v) is 11.6. The zero-order chi connectivity index (χ0) is 27.3. The van der Waals surface area contributed by atoms with Gasteiger partial charge in [-0.3, -0.25) is 4.79 Å². The van der Waals surface area contributed by atoms with Gasteiger partial charge in [0.05, 0.1) is 24.3 Å². The maximum Gasteiger partial charge on any atom is 0.338 e. The molecule has 0 saturated carbocycles. The third-order valence-corrected chi connectivity index (χ3v) is 8.05. The Bertz CT molecular complexity index is 1320. The predicted molar refractivity (Wildman–Crippen MR) is 155 cm³/mol. The first kappa shape index (κ1) is 27.6. The van der Waals surface area contributed by atoms with Crippen molar-refractivity contribution in [3.8, 4) is 5.75 Å². The summed E-state index contributed by atoms with van der Waals surface area (Å²) in [7, 11) is 0. The Morgan fingerprint density at radius 2 is 1.82 bits per heavy atom. The van der Waals surface area contributed by atoms with Crippen LogP contribution in [0.2, 0.25) is 0 Å². The largest absolute Gasteiger partial charge is 0.493 e. The molecular formula is C31H36N2O4S. The van der Waals surface area contributed by atoms with Gasteiger partial charge in [-0.05, 0) is 86.4 Å². The topological polar surface area (TPSA) is 77.0 Å². The summed E-state index contributed by atoms with van der Waals surface area (Å²) >= 11 is 1.61. The number of thiophene rings is 1. The van der Waals surface area contributed by atoms with Gasteiger partial charge in [0, 0.05) is 22.3 Å². The summed E-state index contributed by atoms with van der Waals surface area (Å²) in [6, 6.07) is 14.5. The van der Waals surface area contributed by atoms with Crippen LogP contribution in [0.15, 0.2) is 53.5 Å². The molecule has 1 unspecified atom stereocenters. The Kier molecular flexibility index (Phi) is 8.67. The van der Waals surface area contributed by atoms with Crippen molar-refractivity contribution in [2.24, 2.45) is 16.3 Å². The molecule has 0 spiro atoms. The summed E-state index contributed by atoms with van der Waals surface area (Å²) in [5.74, 6) is 0.747. The van der Waals surface area contributed by atoms with Crippen LogP contribution in [-0.2, 0) is 17.6 Å². The molecule has 1 N–H and O–H groups in total. The predicted octanol–water partition coefficient (Wildman–Crippen LogP) is 7.48. The molecule has 4 rings (SSSR count). The average Bonchev–Trinajstić information content (AvgIpc) is 3.26. The van der Waals surface area contributed by atoms with Crippen molar-refractivity contribution < 1.29 is 19.1 Å². The molecule has 1 aromatic heterocycles. The van der Waals surface area contributed by atoms with E-state index in [-0.39, 0.29) is 17.3 Å². The Balaban J connectivity index is 1.66. The molecule has 1 aliphatic rings. The van der Waals surface area contributed by atoms with Gasteiger partial charge in [-0.15, -0.1) is 11.3 Å².